The molecule has 3 rings (SSSR count). The van der Waals surface area contributed by atoms with E-state index in [1.807, 2.05) is 0 Å². The summed E-state index contributed by atoms with van der Waals surface area (Å²) in [4.78, 5) is 12.3. The molecule has 1 aromatic heterocycles. The Bertz CT molecular complexity index is 930. The first kappa shape index (κ1) is 14.5. The molecule has 3 N–H and O–H groups in total. The Kier molecular flexibility index (Phi) is 3.54. The third kappa shape index (κ3) is 2.31. The third-order valence-corrected chi connectivity index (χ3v) is 3.94. The molecule has 0 fully saturated rings. The Balaban J connectivity index is 2.41. The summed E-state index contributed by atoms with van der Waals surface area (Å²) in [6.45, 7) is 0. The largest absolute Gasteiger partial charge is 0.508 e. The van der Waals surface area contributed by atoms with Crippen molar-refractivity contribution in [1.29, 1.82) is 0 Å². The van der Waals surface area contributed by atoms with Crippen molar-refractivity contribution in [3.8, 4) is 28.4 Å². The molecule has 0 aliphatic carbocycles. The van der Waals surface area contributed by atoms with E-state index < -0.39 is 5.63 Å². The van der Waals surface area contributed by atoms with E-state index in [2.05, 4.69) is 15.9 Å². The fourth-order valence-corrected chi connectivity index (χ4v) is 2.98. The van der Waals surface area contributed by atoms with E-state index >= 15 is 0 Å². The van der Waals surface area contributed by atoms with Gasteiger partial charge in [-0.15, -0.1) is 0 Å². The molecule has 0 aliphatic heterocycles. The van der Waals surface area contributed by atoms with Gasteiger partial charge in [0, 0.05) is 28.4 Å². The molecule has 0 spiro atoms. The zero-order valence-corrected chi connectivity index (χ0v) is 12.8. The first-order chi connectivity index (χ1) is 10.5. The van der Waals surface area contributed by atoms with Crippen molar-refractivity contribution < 1.29 is 19.7 Å². The summed E-state index contributed by atoms with van der Waals surface area (Å²) in [5, 5.41) is 29.9. The number of rotatable bonds is 2. The van der Waals surface area contributed by atoms with E-state index in [0.717, 1.165) is 6.07 Å². The summed E-state index contributed by atoms with van der Waals surface area (Å²) < 4.78 is 5.25. The van der Waals surface area contributed by atoms with Crippen LogP contribution in [0.15, 0.2) is 45.6 Å². The average molecular weight is 363 g/mol. The highest BCUT2D eigenvalue weighted by atomic mass is 79.9. The van der Waals surface area contributed by atoms with Gasteiger partial charge in [0.1, 0.15) is 22.8 Å². The van der Waals surface area contributed by atoms with Gasteiger partial charge in [-0.05, 0) is 29.8 Å². The van der Waals surface area contributed by atoms with E-state index in [0.29, 0.717) is 16.3 Å². The Morgan fingerprint density at radius 1 is 1.00 bits per heavy atom. The number of hydrogen-bond acceptors (Lipinski definition) is 5. The lowest BCUT2D eigenvalue weighted by Gasteiger charge is -2.11. The Labute approximate surface area is 133 Å². The van der Waals surface area contributed by atoms with Crippen LogP contribution in [0.4, 0.5) is 0 Å². The molecule has 0 radical (unpaired) electrons. The zero-order chi connectivity index (χ0) is 15.9. The number of aromatic hydroxyl groups is 3. The van der Waals surface area contributed by atoms with E-state index in [-0.39, 0.29) is 34.0 Å². The molecule has 0 bridgehead atoms. The number of halogens is 1. The second-order valence-corrected chi connectivity index (χ2v) is 5.32. The van der Waals surface area contributed by atoms with Crippen LogP contribution in [-0.4, -0.2) is 15.3 Å². The summed E-state index contributed by atoms with van der Waals surface area (Å²) in [7, 11) is 0. The summed E-state index contributed by atoms with van der Waals surface area (Å²) >= 11 is 3.34. The smallest absolute Gasteiger partial charge is 0.344 e. The number of fused-ring (bicyclic) bond motifs is 1. The molecule has 6 heteroatoms. The van der Waals surface area contributed by atoms with Gasteiger partial charge >= 0.3 is 5.63 Å². The van der Waals surface area contributed by atoms with Crippen LogP contribution in [-0.2, 0) is 5.33 Å². The Hall–Kier alpha value is -2.47. The zero-order valence-electron chi connectivity index (χ0n) is 11.2. The summed E-state index contributed by atoms with van der Waals surface area (Å²) in [5.41, 5.74) is 0.755. The maximum Gasteiger partial charge on any atom is 0.344 e. The van der Waals surface area contributed by atoms with Crippen LogP contribution in [0.3, 0.4) is 0 Å². The number of hydrogen-bond donors (Lipinski definition) is 3. The van der Waals surface area contributed by atoms with Crippen molar-refractivity contribution in [3.63, 3.8) is 0 Å². The summed E-state index contributed by atoms with van der Waals surface area (Å²) in [6.07, 6.45) is 0. The van der Waals surface area contributed by atoms with Gasteiger partial charge in [0.25, 0.3) is 0 Å². The van der Waals surface area contributed by atoms with Gasteiger partial charge in [-0.1, -0.05) is 15.9 Å². The molecular formula is C16H11BrO5. The molecule has 0 saturated heterocycles. The van der Waals surface area contributed by atoms with E-state index in [4.69, 9.17) is 4.42 Å². The summed E-state index contributed by atoms with van der Waals surface area (Å²) in [6, 6.07) is 8.50. The molecule has 0 atom stereocenters. The highest BCUT2D eigenvalue weighted by Gasteiger charge is 2.18. The highest BCUT2D eigenvalue weighted by Crippen LogP contribution is 2.36. The van der Waals surface area contributed by atoms with Crippen LogP contribution in [0.2, 0.25) is 0 Å². The van der Waals surface area contributed by atoms with E-state index in [1.165, 1.54) is 24.3 Å². The molecule has 2 aromatic carbocycles. The first-order valence-corrected chi connectivity index (χ1v) is 7.50. The van der Waals surface area contributed by atoms with Crippen LogP contribution >= 0.6 is 15.9 Å². The molecule has 0 amide bonds. The van der Waals surface area contributed by atoms with E-state index in [9.17, 15) is 20.1 Å². The third-order valence-electron chi connectivity index (χ3n) is 3.38. The van der Waals surface area contributed by atoms with Crippen LogP contribution in [0.5, 0.6) is 17.2 Å². The van der Waals surface area contributed by atoms with Crippen molar-refractivity contribution >= 4 is 26.9 Å². The van der Waals surface area contributed by atoms with Crippen molar-refractivity contribution in [3.05, 3.63) is 52.4 Å². The lowest BCUT2D eigenvalue weighted by Crippen LogP contribution is -2.07. The maximum atomic E-state index is 12.3. The molecule has 0 saturated carbocycles. The number of phenolic OH excluding ortho intramolecular Hbond substituents is 3. The molecule has 112 valence electrons. The van der Waals surface area contributed by atoms with Gasteiger partial charge in [0.15, 0.2) is 0 Å². The van der Waals surface area contributed by atoms with Gasteiger partial charge in [-0.25, -0.2) is 4.79 Å². The molecular weight excluding hydrogens is 352 g/mol. The van der Waals surface area contributed by atoms with Crippen LogP contribution < -0.4 is 5.63 Å². The average Bonchev–Trinajstić information content (AvgIpc) is 2.46. The van der Waals surface area contributed by atoms with Crippen molar-refractivity contribution in [2.24, 2.45) is 0 Å². The molecule has 5 nitrogen and oxygen atoms in total. The van der Waals surface area contributed by atoms with Crippen molar-refractivity contribution in [2.45, 2.75) is 5.33 Å². The van der Waals surface area contributed by atoms with Gasteiger partial charge in [-0.2, -0.15) is 0 Å². The highest BCUT2D eigenvalue weighted by molar-refractivity contribution is 9.08. The quantitative estimate of drug-likeness (QED) is 0.479. The van der Waals surface area contributed by atoms with Crippen molar-refractivity contribution in [2.75, 3.05) is 0 Å². The number of phenols is 3. The molecule has 0 aliphatic rings. The van der Waals surface area contributed by atoms with Crippen LogP contribution in [0, 0.1) is 0 Å². The Morgan fingerprint density at radius 3 is 2.36 bits per heavy atom. The first-order valence-electron chi connectivity index (χ1n) is 6.38. The second kappa shape index (κ2) is 5.38. The van der Waals surface area contributed by atoms with Gasteiger partial charge < -0.3 is 19.7 Å². The SMILES string of the molecule is O=c1oc2cc(O)ccc2c(CBr)c1-c1ccc(O)cc1O. The number of benzene rings is 2. The molecule has 22 heavy (non-hydrogen) atoms. The predicted octanol–water partition coefficient (Wildman–Crippen LogP) is 3.47. The predicted molar refractivity (Wildman–Crippen MR) is 85.5 cm³/mol. The van der Waals surface area contributed by atoms with Crippen molar-refractivity contribution in [1.82, 2.24) is 0 Å². The minimum atomic E-state index is -0.631. The normalized spacial score (nSPS) is 11.0. The van der Waals surface area contributed by atoms with Crippen LogP contribution in [0.25, 0.3) is 22.1 Å². The van der Waals surface area contributed by atoms with Crippen LogP contribution in [0.1, 0.15) is 5.56 Å². The van der Waals surface area contributed by atoms with Gasteiger partial charge in [0.05, 0.1) is 5.56 Å². The lowest BCUT2D eigenvalue weighted by atomic mass is 9.98. The fourth-order valence-electron chi connectivity index (χ4n) is 2.40. The maximum absolute atomic E-state index is 12.3. The number of alkyl halides is 1. The minimum Gasteiger partial charge on any atom is -0.508 e. The summed E-state index contributed by atoms with van der Waals surface area (Å²) in [5.74, 6) is -0.319. The van der Waals surface area contributed by atoms with E-state index in [1.54, 1.807) is 6.07 Å². The van der Waals surface area contributed by atoms with Gasteiger partial charge in [-0.3, -0.25) is 0 Å². The molecule has 3 aromatic rings. The second-order valence-electron chi connectivity index (χ2n) is 4.76. The monoisotopic (exact) mass is 362 g/mol. The minimum absolute atomic E-state index is 0.00333. The van der Waals surface area contributed by atoms with Gasteiger partial charge in [0.2, 0.25) is 0 Å². The molecule has 0 unspecified atom stereocenters. The standard InChI is InChI=1S/C16H11BrO5/c17-7-12-10-3-1-9(19)6-14(10)22-16(21)15(12)11-4-2-8(18)5-13(11)20/h1-6,18-20H,7H2. The molecule has 1 heterocycles. The topological polar surface area (TPSA) is 90.9 Å². The lowest BCUT2D eigenvalue weighted by molar-refractivity contribution is 0.451. The fraction of sp³-hybridized carbons (Fsp3) is 0.0625. The Morgan fingerprint density at radius 2 is 1.68 bits per heavy atom.